The van der Waals surface area contributed by atoms with Crippen LogP contribution in [-0.2, 0) is 11.2 Å². The van der Waals surface area contributed by atoms with Gasteiger partial charge in [0, 0.05) is 36.6 Å². The molecule has 1 atom stereocenters. The smallest absolute Gasteiger partial charge is 0.255 e. The predicted octanol–water partition coefficient (Wildman–Crippen LogP) is 3.05. The van der Waals surface area contributed by atoms with E-state index in [1.54, 1.807) is 26.6 Å². The normalized spacial score (nSPS) is 14.5. The highest BCUT2D eigenvalue weighted by Gasteiger charge is 2.22. The van der Waals surface area contributed by atoms with Crippen molar-refractivity contribution in [2.24, 2.45) is 5.73 Å². The monoisotopic (exact) mass is 463 g/mol. The highest BCUT2D eigenvalue weighted by molar-refractivity contribution is 6.04. The third-order valence-corrected chi connectivity index (χ3v) is 5.66. The van der Waals surface area contributed by atoms with Gasteiger partial charge >= 0.3 is 0 Å². The number of carbonyl (C=O) groups is 2. The van der Waals surface area contributed by atoms with Crippen molar-refractivity contribution in [1.82, 2.24) is 15.1 Å². The molecule has 1 aliphatic heterocycles. The lowest BCUT2D eigenvalue weighted by atomic mass is 9.92. The van der Waals surface area contributed by atoms with Gasteiger partial charge in [-0.05, 0) is 54.3 Å². The first-order valence-corrected chi connectivity index (χ1v) is 10.7. The van der Waals surface area contributed by atoms with Gasteiger partial charge in [0.25, 0.3) is 5.91 Å². The average molecular weight is 464 g/mol. The highest BCUT2D eigenvalue weighted by atomic mass is 16.5. The zero-order chi connectivity index (χ0) is 24.7. The van der Waals surface area contributed by atoms with Gasteiger partial charge in [0.05, 0.1) is 26.1 Å². The SMILES string of the molecule is COc1cc2c(cc1OC)C(c1ccc(C(=O)Nc3cn[nH]c3)cc1)=CN(C)C(C)C2.NC=O. The molecular weight excluding hydrogens is 434 g/mol. The molecule has 0 saturated heterocycles. The summed E-state index contributed by atoms with van der Waals surface area (Å²) in [6, 6.07) is 12.0. The molecule has 0 fully saturated rings. The summed E-state index contributed by atoms with van der Waals surface area (Å²) < 4.78 is 11.1. The van der Waals surface area contributed by atoms with Gasteiger partial charge in [-0.25, -0.2) is 0 Å². The summed E-state index contributed by atoms with van der Waals surface area (Å²) in [6.07, 6.45) is 6.50. The Balaban J connectivity index is 0.00000103. The summed E-state index contributed by atoms with van der Waals surface area (Å²) in [5, 5.41) is 9.34. The summed E-state index contributed by atoms with van der Waals surface area (Å²) in [4.78, 5) is 23.3. The second-order valence-corrected chi connectivity index (χ2v) is 7.78. The third-order valence-electron chi connectivity index (χ3n) is 5.66. The van der Waals surface area contributed by atoms with Crippen LogP contribution in [0.4, 0.5) is 5.69 Å². The maximum atomic E-state index is 12.5. The molecule has 1 unspecified atom stereocenters. The molecule has 4 N–H and O–H groups in total. The number of anilines is 1. The number of rotatable bonds is 5. The fourth-order valence-electron chi connectivity index (χ4n) is 3.76. The second-order valence-electron chi connectivity index (χ2n) is 7.78. The highest BCUT2D eigenvalue weighted by Crippen LogP contribution is 2.38. The van der Waals surface area contributed by atoms with E-state index < -0.39 is 0 Å². The second kappa shape index (κ2) is 11.0. The van der Waals surface area contributed by atoms with Crippen LogP contribution in [0.25, 0.3) is 5.57 Å². The van der Waals surface area contributed by atoms with E-state index in [0.29, 0.717) is 23.0 Å². The number of amides is 2. The Morgan fingerprint density at radius 3 is 2.44 bits per heavy atom. The van der Waals surface area contributed by atoms with E-state index in [0.717, 1.165) is 28.9 Å². The minimum Gasteiger partial charge on any atom is -0.493 e. The number of fused-ring (bicyclic) bond motifs is 1. The summed E-state index contributed by atoms with van der Waals surface area (Å²) in [5.74, 6) is 1.24. The van der Waals surface area contributed by atoms with Crippen LogP contribution in [0.2, 0.25) is 0 Å². The number of ether oxygens (including phenoxy) is 2. The lowest BCUT2D eigenvalue weighted by Crippen LogP contribution is -2.24. The van der Waals surface area contributed by atoms with Crippen LogP contribution in [0, 0.1) is 0 Å². The van der Waals surface area contributed by atoms with Crippen LogP contribution < -0.4 is 20.5 Å². The van der Waals surface area contributed by atoms with Crippen molar-refractivity contribution in [2.75, 3.05) is 26.6 Å². The Hall–Kier alpha value is -4.27. The molecule has 0 bridgehead atoms. The first kappa shape index (κ1) is 24.4. The van der Waals surface area contributed by atoms with Gasteiger partial charge in [0.2, 0.25) is 6.41 Å². The summed E-state index contributed by atoms with van der Waals surface area (Å²) in [7, 11) is 5.38. The van der Waals surface area contributed by atoms with Crippen molar-refractivity contribution in [1.29, 1.82) is 0 Å². The zero-order valence-corrected chi connectivity index (χ0v) is 19.7. The van der Waals surface area contributed by atoms with Crippen molar-refractivity contribution in [2.45, 2.75) is 19.4 Å². The Kier molecular flexibility index (Phi) is 7.92. The molecule has 0 radical (unpaired) electrons. The topological polar surface area (TPSA) is 123 Å². The van der Waals surface area contributed by atoms with Gasteiger partial charge in [0.15, 0.2) is 11.5 Å². The van der Waals surface area contributed by atoms with Gasteiger partial charge in [-0.3, -0.25) is 14.7 Å². The Bertz CT molecular complexity index is 1160. The van der Waals surface area contributed by atoms with Gasteiger partial charge in [0.1, 0.15) is 0 Å². The van der Waals surface area contributed by atoms with Crippen molar-refractivity contribution < 1.29 is 19.1 Å². The van der Waals surface area contributed by atoms with Gasteiger partial charge < -0.3 is 25.4 Å². The van der Waals surface area contributed by atoms with E-state index in [1.165, 1.54) is 5.56 Å². The molecule has 1 aromatic heterocycles. The van der Waals surface area contributed by atoms with Gasteiger partial charge in [-0.2, -0.15) is 5.10 Å². The standard InChI is InChI=1S/C24H26N4O3.CH3NO/c1-15-9-18-10-22(30-3)23(31-4)11-20(18)21(14-28(15)2)16-5-7-17(8-6-16)24(29)27-19-12-25-26-13-19;2-1-3/h5-8,10-15H,9H2,1-4H3,(H,25,26)(H,27,29);1H,(H2,2,3). The summed E-state index contributed by atoms with van der Waals surface area (Å²) in [5.41, 5.74) is 9.77. The Labute approximate surface area is 198 Å². The van der Waals surface area contributed by atoms with Crippen LogP contribution >= 0.6 is 0 Å². The Morgan fingerprint density at radius 1 is 1.21 bits per heavy atom. The van der Waals surface area contributed by atoms with Crippen LogP contribution in [0.15, 0.2) is 55.0 Å². The third kappa shape index (κ3) is 5.37. The molecule has 1 aliphatic rings. The van der Waals surface area contributed by atoms with E-state index in [-0.39, 0.29) is 12.3 Å². The minimum atomic E-state index is -0.180. The molecule has 9 heteroatoms. The number of nitrogens with zero attached hydrogens (tertiary/aromatic N) is 2. The van der Waals surface area contributed by atoms with E-state index in [9.17, 15) is 4.79 Å². The Morgan fingerprint density at radius 2 is 1.85 bits per heavy atom. The quantitative estimate of drug-likeness (QED) is 0.500. The summed E-state index contributed by atoms with van der Waals surface area (Å²) in [6.45, 7) is 2.20. The predicted molar refractivity (Wildman–Crippen MR) is 131 cm³/mol. The number of benzene rings is 2. The number of methoxy groups -OCH3 is 2. The number of nitrogens with two attached hydrogens (primary N) is 1. The van der Waals surface area contributed by atoms with Crippen LogP contribution in [0.5, 0.6) is 11.5 Å². The molecule has 2 aromatic carbocycles. The molecule has 0 aliphatic carbocycles. The number of hydrogen-bond donors (Lipinski definition) is 3. The van der Waals surface area contributed by atoms with Crippen LogP contribution in [0.3, 0.4) is 0 Å². The van der Waals surface area contributed by atoms with E-state index in [4.69, 9.17) is 14.3 Å². The molecular formula is C25H29N5O4. The largest absolute Gasteiger partial charge is 0.493 e. The molecule has 2 heterocycles. The number of primary amides is 1. The van der Waals surface area contributed by atoms with Gasteiger partial charge in [-0.1, -0.05) is 12.1 Å². The number of likely N-dealkylation sites (N-methyl/N-ethyl adjacent to an activating group) is 1. The van der Waals surface area contributed by atoms with Crippen molar-refractivity contribution in [3.05, 3.63) is 77.2 Å². The van der Waals surface area contributed by atoms with E-state index >= 15 is 0 Å². The molecule has 9 nitrogen and oxygen atoms in total. The zero-order valence-electron chi connectivity index (χ0n) is 19.7. The van der Waals surface area contributed by atoms with Gasteiger partial charge in [-0.15, -0.1) is 0 Å². The van der Waals surface area contributed by atoms with Crippen LogP contribution in [-0.4, -0.2) is 54.7 Å². The maximum Gasteiger partial charge on any atom is 0.255 e. The van der Waals surface area contributed by atoms with Crippen molar-refractivity contribution >= 4 is 23.6 Å². The lowest BCUT2D eigenvalue weighted by molar-refractivity contribution is -0.106. The maximum absolute atomic E-state index is 12.5. The van der Waals surface area contributed by atoms with Crippen molar-refractivity contribution in [3.63, 3.8) is 0 Å². The molecule has 0 saturated carbocycles. The fourth-order valence-corrected chi connectivity index (χ4v) is 3.76. The summed E-state index contributed by atoms with van der Waals surface area (Å²) >= 11 is 0. The lowest BCUT2D eigenvalue weighted by Gasteiger charge is -2.21. The molecule has 3 aromatic rings. The number of hydrogen-bond acceptors (Lipinski definition) is 6. The molecule has 178 valence electrons. The molecule has 0 spiro atoms. The average Bonchev–Trinajstić information content (AvgIpc) is 3.31. The number of H-pyrrole nitrogens is 1. The minimum absolute atomic E-state index is 0.180. The van der Waals surface area contributed by atoms with Crippen molar-refractivity contribution in [3.8, 4) is 11.5 Å². The number of carbonyl (C=O) groups excluding carboxylic acids is 2. The van der Waals surface area contributed by atoms with Crippen LogP contribution in [0.1, 0.15) is 34.0 Å². The first-order valence-electron chi connectivity index (χ1n) is 10.7. The number of nitrogens with one attached hydrogen (secondary N) is 2. The number of aromatic amines is 1. The number of aromatic nitrogens is 2. The molecule has 4 rings (SSSR count). The molecule has 2 amide bonds. The fraction of sp³-hybridized carbons (Fsp3) is 0.240. The van der Waals surface area contributed by atoms with E-state index in [1.807, 2.05) is 30.3 Å². The molecule has 34 heavy (non-hydrogen) atoms. The first-order chi connectivity index (χ1) is 16.4. The van der Waals surface area contributed by atoms with E-state index in [2.05, 4.69) is 52.4 Å².